The van der Waals surface area contributed by atoms with Crippen molar-refractivity contribution in [2.24, 2.45) is 5.10 Å². The fourth-order valence-corrected chi connectivity index (χ4v) is 2.34. The van der Waals surface area contributed by atoms with Crippen LogP contribution in [0.3, 0.4) is 0 Å². The van der Waals surface area contributed by atoms with Gasteiger partial charge in [0.2, 0.25) is 0 Å². The van der Waals surface area contributed by atoms with E-state index in [4.69, 9.17) is 4.74 Å². The molecule has 0 unspecified atom stereocenters. The predicted octanol–water partition coefficient (Wildman–Crippen LogP) is 4.00. The van der Waals surface area contributed by atoms with E-state index < -0.39 is 6.03 Å². The summed E-state index contributed by atoms with van der Waals surface area (Å²) in [7, 11) is 1.61. The van der Waals surface area contributed by atoms with Crippen molar-refractivity contribution >= 4 is 28.7 Å². The van der Waals surface area contributed by atoms with Gasteiger partial charge in [0.25, 0.3) is 0 Å². The Bertz CT molecular complexity index is 868. The van der Waals surface area contributed by atoms with Crippen molar-refractivity contribution in [2.45, 2.75) is 0 Å². The van der Waals surface area contributed by atoms with Gasteiger partial charge in [-0.2, -0.15) is 5.10 Å². The average molecular weight is 319 g/mol. The van der Waals surface area contributed by atoms with Gasteiger partial charge in [0.05, 0.1) is 19.0 Å². The number of hydrogen-bond donors (Lipinski definition) is 2. The summed E-state index contributed by atoms with van der Waals surface area (Å²) in [6.45, 7) is 0. The topological polar surface area (TPSA) is 62.7 Å². The number of ether oxygens (including phenoxy) is 1. The quantitative estimate of drug-likeness (QED) is 0.564. The zero-order valence-electron chi connectivity index (χ0n) is 13.2. The molecule has 0 fully saturated rings. The third-order valence-electron chi connectivity index (χ3n) is 3.53. The maximum absolute atomic E-state index is 12.0. The monoisotopic (exact) mass is 319 g/mol. The molecule has 0 saturated heterocycles. The molecule has 24 heavy (non-hydrogen) atoms. The van der Waals surface area contributed by atoms with Crippen molar-refractivity contribution in [2.75, 3.05) is 12.4 Å². The summed E-state index contributed by atoms with van der Waals surface area (Å²) < 4.78 is 5.09. The van der Waals surface area contributed by atoms with E-state index in [1.54, 1.807) is 13.3 Å². The van der Waals surface area contributed by atoms with Gasteiger partial charge >= 0.3 is 6.03 Å². The molecule has 3 aromatic carbocycles. The van der Waals surface area contributed by atoms with Gasteiger partial charge in [-0.25, -0.2) is 10.2 Å². The van der Waals surface area contributed by atoms with Gasteiger partial charge in [0.15, 0.2) is 0 Å². The number of methoxy groups -OCH3 is 1. The fourth-order valence-electron chi connectivity index (χ4n) is 2.34. The number of amides is 2. The van der Waals surface area contributed by atoms with Crippen LogP contribution in [-0.4, -0.2) is 19.4 Å². The van der Waals surface area contributed by atoms with Crippen LogP contribution >= 0.6 is 0 Å². The minimum atomic E-state index is -0.392. The predicted molar refractivity (Wildman–Crippen MR) is 96.7 cm³/mol. The van der Waals surface area contributed by atoms with E-state index in [0.29, 0.717) is 0 Å². The summed E-state index contributed by atoms with van der Waals surface area (Å²) in [5.74, 6) is 0.772. The van der Waals surface area contributed by atoms with E-state index in [1.165, 1.54) is 0 Å². The van der Waals surface area contributed by atoms with Gasteiger partial charge in [-0.15, -0.1) is 0 Å². The highest BCUT2D eigenvalue weighted by Crippen LogP contribution is 2.22. The minimum Gasteiger partial charge on any atom is -0.497 e. The standard InChI is InChI=1S/C19H17N3O2/c1-24-16-11-9-14(10-12-16)13-20-22-19(23)21-18-8-4-6-15-5-2-3-7-17(15)18/h2-13H,1H3,(H2,21,22,23)/b20-13-. The van der Waals surface area contributed by atoms with Crippen molar-refractivity contribution in [1.29, 1.82) is 0 Å². The summed E-state index contributed by atoms with van der Waals surface area (Å²) in [5.41, 5.74) is 4.06. The lowest BCUT2D eigenvalue weighted by molar-refractivity contribution is 0.252. The second kappa shape index (κ2) is 7.28. The first-order chi connectivity index (χ1) is 11.8. The molecule has 3 aromatic rings. The van der Waals surface area contributed by atoms with E-state index in [-0.39, 0.29) is 0 Å². The summed E-state index contributed by atoms with van der Waals surface area (Å²) >= 11 is 0. The third kappa shape index (κ3) is 3.70. The van der Waals surface area contributed by atoms with Gasteiger partial charge in [0, 0.05) is 5.39 Å². The molecule has 2 amide bonds. The SMILES string of the molecule is COc1ccc(/C=N\NC(=O)Nc2cccc3ccccc23)cc1. The second-order valence-electron chi connectivity index (χ2n) is 5.12. The molecule has 5 nitrogen and oxygen atoms in total. The molecule has 0 atom stereocenters. The Morgan fingerprint density at radius 3 is 2.54 bits per heavy atom. The van der Waals surface area contributed by atoms with Crippen molar-refractivity contribution in [3.05, 3.63) is 72.3 Å². The zero-order chi connectivity index (χ0) is 16.8. The highest BCUT2D eigenvalue weighted by atomic mass is 16.5. The number of carbonyl (C=O) groups excluding carboxylic acids is 1. The van der Waals surface area contributed by atoms with Crippen LogP contribution in [0.1, 0.15) is 5.56 Å². The van der Waals surface area contributed by atoms with Crippen LogP contribution in [0.25, 0.3) is 10.8 Å². The normalized spacial score (nSPS) is 10.7. The molecule has 0 aliphatic carbocycles. The Hall–Kier alpha value is -3.34. The Morgan fingerprint density at radius 1 is 1.00 bits per heavy atom. The van der Waals surface area contributed by atoms with Crippen LogP contribution < -0.4 is 15.5 Å². The lowest BCUT2D eigenvalue weighted by atomic mass is 10.1. The molecule has 0 heterocycles. The smallest absolute Gasteiger partial charge is 0.339 e. The number of nitrogens with one attached hydrogen (secondary N) is 2. The number of benzene rings is 3. The first kappa shape index (κ1) is 15.6. The van der Waals surface area contributed by atoms with E-state index in [2.05, 4.69) is 15.8 Å². The molecule has 3 rings (SSSR count). The number of hydrogen-bond acceptors (Lipinski definition) is 3. The molecular formula is C19H17N3O2. The lowest BCUT2D eigenvalue weighted by Gasteiger charge is -2.07. The second-order valence-corrected chi connectivity index (χ2v) is 5.12. The largest absolute Gasteiger partial charge is 0.497 e. The van der Waals surface area contributed by atoms with Crippen LogP contribution in [0.15, 0.2) is 71.8 Å². The van der Waals surface area contributed by atoms with Crippen molar-refractivity contribution in [3.8, 4) is 5.75 Å². The van der Waals surface area contributed by atoms with Crippen molar-refractivity contribution in [1.82, 2.24) is 5.43 Å². The molecule has 2 N–H and O–H groups in total. The Balaban J connectivity index is 1.63. The lowest BCUT2D eigenvalue weighted by Crippen LogP contribution is -2.24. The van der Waals surface area contributed by atoms with Crippen molar-refractivity contribution in [3.63, 3.8) is 0 Å². The van der Waals surface area contributed by atoms with E-state index in [9.17, 15) is 4.79 Å². The van der Waals surface area contributed by atoms with Crippen LogP contribution in [0.4, 0.5) is 10.5 Å². The molecule has 0 aromatic heterocycles. The Kier molecular flexibility index (Phi) is 4.72. The van der Waals surface area contributed by atoms with E-state index >= 15 is 0 Å². The molecule has 0 spiro atoms. The van der Waals surface area contributed by atoms with Crippen LogP contribution in [-0.2, 0) is 0 Å². The number of urea groups is 1. The first-order valence-corrected chi connectivity index (χ1v) is 7.48. The van der Waals surface area contributed by atoms with Gasteiger partial charge < -0.3 is 10.1 Å². The molecule has 5 heteroatoms. The molecule has 0 saturated carbocycles. The fraction of sp³-hybridized carbons (Fsp3) is 0.0526. The Morgan fingerprint density at radius 2 is 1.75 bits per heavy atom. The highest BCUT2D eigenvalue weighted by Gasteiger charge is 2.03. The molecular weight excluding hydrogens is 302 g/mol. The molecule has 0 bridgehead atoms. The molecule has 0 aliphatic heterocycles. The maximum atomic E-state index is 12.0. The highest BCUT2D eigenvalue weighted by molar-refractivity contribution is 6.01. The summed E-state index contributed by atoms with van der Waals surface area (Å²) in [6.07, 6.45) is 1.57. The zero-order valence-corrected chi connectivity index (χ0v) is 13.2. The summed E-state index contributed by atoms with van der Waals surface area (Å²) in [5, 5.41) is 8.80. The number of rotatable bonds is 4. The molecule has 0 aliphatic rings. The maximum Gasteiger partial charge on any atom is 0.339 e. The number of nitrogens with zero attached hydrogens (tertiary/aromatic N) is 1. The number of anilines is 1. The molecule has 0 radical (unpaired) electrons. The minimum absolute atomic E-state index is 0.392. The van der Waals surface area contributed by atoms with Gasteiger partial charge in [0.1, 0.15) is 5.75 Å². The van der Waals surface area contributed by atoms with Gasteiger partial charge in [-0.1, -0.05) is 36.4 Å². The van der Waals surface area contributed by atoms with E-state index in [0.717, 1.165) is 27.8 Å². The number of carbonyl (C=O) groups is 1. The van der Waals surface area contributed by atoms with Crippen LogP contribution in [0.2, 0.25) is 0 Å². The van der Waals surface area contributed by atoms with Crippen LogP contribution in [0.5, 0.6) is 5.75 Å². The Labute approximate surface area is 140 Å². The molecule has 120 valence electrons. The van der Waals surface area contributed by atoms with Gasteiger partial charge in [-0.05, 0) is 41.3 Å². The summed E-state index contributed by atoms with van der Waals surface area (Å²) in [4.78, 5) is 12.0. The average Bonchev–Trinajstić information content (AvgIpc) is 2.63. The van der Waals surface area contributed by atoms with Gasteiger partial charge in [-0.3, -0.25) is 0 Å². The number of hydrazone groups is 1. The van der Waals surface area contributed by atoms with E-state index in [1.807, 2.05) is 66.7 Å². The van der Waals surface area contributed by atoms with Crippen LogP contribution in [0, 0.1) is 0 Å². The van der Waals surface area contributed by atoms with Crippen molar-refractivity contribution < 1.29 is 9.53 Å². The summed E-state index contributed by atoms with van der Waals surface area (Å²) in [6, 6.07) is 20.6. The third-order valence-corrected chi connectivity index (χ3v) is 3.53. The number of fused-ring (bicyclic) bond motifs is 1. The first-order valence-electron chi connectivity index (χ1n) is 7.48.